The minimum Gasteiger partial charge on any atom is -0.495 e. The highest BCUT2D eigenvalue weighted by Gasteiger charge is 2.15. The summed E-state index contributed by atoms with van der Waals surface area (Å²) in [5, 5.41) is 13.5. The van der Waals surface area contributed by atoms with Crippen molar-refractivity contribution in [1.82, 2.24) is 0 Å². The van der Waals surface area contributed by atoms with Gasteiger partial charge in [-0.25, -0.2) is 0 Å². The fourth-order valence-electron chi connectivity index (χ4n) is 1.52. The number of carbonyl (C=O) groups is 1. The highest BCUT2D eigenvalue weighted by atomic mass is 79.9. The summed E-state index contributed by atoms with van der Waals surface area (Å²) in [5.74, 6) is 0.234. The van der Waals surface area contributed by atoms with Crippen molar-refractivity contribution in [1.29, 1.82) is 5.26 Å². The topological polar surface area (TPSA) is 62.1 Å². The molecule has 0 radical (unpaired) electrons. The molecule has 0 aliphatic heterocycles. The zero-order chi connectivity index (χ0) is 13.8. The average Bonchev–Trinajstić information content (AvgIpc) is 2.87. The van der Waals surface area contributed by atoms with E-state index in [4.69, 9.17) is 10.00 Å². The summed E-state index contributed by atoms with van der Waals surface area (Å²) in [7, 11) is 1.51. The lowest BCUT2D eigenvalue weighted by atomic mass is 10.2. The van der Waals surface area contributed by atoms with Crippen LogP contribution in [0.5, 0.6) is 5.75 Å². The second kappa shape index (κ2) is 5.87. The van der Waals surface area contributed by atoms with E-state index in [1.807, 2.05) is 6.07 Å². The first kappa shape index (κ1) is 13.6. The molecule has 0 unspecified atom stereocenters. The Morgan fingerprint density at radius 1 is 1.47 bits per heavy atom. The maximum Gasteiger partial charge on any atom is 0.269 e. The largest absolute Gasteiger partial charge is 0.495 e. The fraction of sp³-hybridized carbons (Fsp3) is 0.0769. The normalized spacial score (nSPS) is 9.74. The van der Waals surface area contributed by atoms with E-state index in [1.54, 1.807) is 29.6 Å². The summed E-state index contributed by atoms with van der Waals surface area (Å²) in [5.41, 5.74) is 0.879. The number of hydrogen-bond donors (Lipinski definition) is 1. The molecule has 19 heavy (non-hydrogen) atoms. The Kier molecular flexibility index (Phi) is 4.20. The summed E-state index contributed by atoms with van der Waals surface area (Å²) in [6.45, 7) is 0. The van der Waals surface area contributed by atoms with Crippen LogP contribution in [-0.4, -0.2) is 13.0 Å². The number of thiophene rings is 1. The van der Waals surface area contributed by atoms with Crippen LogP contribution in [0, 0.1) is 11.3 Å². The Labute approximate surface area is 122 Å². The first-order chi connectivity index (χ1) is 9.15. The molecule has 1 aromatic heterocycles. The number of benzene rings is 1. The van der Waals surface area contributed by atoms with Gasteiger partial charge in [0.1, 0.15) is 16.7 Å². The summed E-state index contributed by atoms with van der Waals surface area (Å²) in [4.78, 5) is 12.6. The van der Waals surface area contributed by atoms with Gasteiger partial charge in [-0.1, -0.05) is 15.9 Å². The third-order valence-electron chi connectivity index (χ3n) is 2.41. The summed E-state index contributed by atoms with van der Waals surface area (Å²) < 4.78 is 5.89. The molecule has 0 aliphatic rings. The minimum atomic E-state index is -0.290. The number of anilines is 1. The van der Waals surface area contributed by atoms with E-state index in [9.17, 15) is 4.79 Å². The maximum atomic E-state index is 12.1. The van der Waals surface area contributed by atoms with E-state index in [2.05, 4.69) is 21.2 Å². The van der Waals surface area contributed by atoms with Crippen molar-refractivity contribution in [3.8, 4) is 11.8 Å². The number of rotatable bonds is 3. The average molecular weight is 337 g/mol. The van der Waals surface area contributed by atoms with Gasteiger partial charge in [-0.05, 0) is 29.6 Å². The number of nitrogens with zero attached hydrogens (tertiary/aromatic N) is 1. The number of nitrogens with one attached hydrogen (secondary N) is 1. The monoisotopic (exact) mass is 336 g/mol. The van der Waals surface area contributed by atoms with Crippen LogP contribution in [0.1, 0.15) is 15.2 Å². The second-order valence-corrected chi connectivity index (χ2v) is 5.41. The molecule has 1 N–H and O–H groups in total. The molecular formula is C13H9BrN2O2S. The number of nitriles is 1. The molecule has 0 atom stereocenters. The van der Waals surface area contributed by atoms with E-state index in [-0.39, 0.29) is 5.91 Å². The first-order valence-corrected chi connectivity index (χ1v) is 6.95. The van der Waals surface area contributed by atoms with E-state index >= 15 is 0 Å². The third-order valence-corrected chi connectivity index (χ3v) is 3.79. The first-order valence-electron chi connectivity index (χ1n) is 5.28. The highest BCUT2D eigenvalue weighted by Crippen LogP contribution is 2.27. The Morgan fingerprint density at radius 3 is 2.95 bits per heavy atom. The van der Waals surface area contributed by atoms with Crippen LogP contribution < -0.4 is 10.1 Å². The zero-order valence-electron chi connectivity index (χ0n) is 9.94. The Hall–Kier alpha value is -1.84. The molecule has 2 aromatic rings. The van der Waals surface area contributed by atoms with Crippen LogP contribution >= 0.6 is 27.3 Å². The molecule has 1 heterocycles. The van der Waals surface area contributed by atoms with Gasteiger partial charge in [-0.15, -0.1) is 11.3 Å². The Bertz CT molecular complexity index is 661. The second-order valence-electron chi connectivity index (χ2n) is 3.57. The Balaban J connectivity index is 2.29. The van der Waals surface area contributed by atoms with Crippen molar-refractivity contribution >= 4 is 38.9 Å². The molecule has 0 fully saturated rings. The summed E-state index contributed by atoms with van der Waals surface area (Å²) in [6.07, 6.45) is 0. The van der Waals surface area contributed by atoms with Crippen molar-refractivity contribution in [2.24, 2.45) is 0 Å². The molecule has 96 valence electrons. The molecule has 1 amide bonds. The highest BCUT2D eigenvalue weighted by molar-refractivity contribution is 9.10. The van der Waals surface area contributed by atoms with Gasteiger partial charge in [0, 0.05) is 4.47 Å². The predicted molar refractivity (Wildman–Crippen MR) is 77.7 cm³/mol. The maximum absolute atomic E-state index is 12.1. The van der Waals surface area contributed by atoms with Crippen molar-refractivity contribution in [2.45, 2.75) is 0 Å². The standard InChI is InChI=1S/C13H9BrN2O2S/c1-18-11-4-5-19-12(11)13(17)16-10-6-9(14)3-2-8(10)7-15/h2-6H,1H3,(H,16,17). The van der Waals surface area contributed by atoms with Gasteiger partial charge in [0.2, 0.25) is 0 Å². The van der Waals surface area contributed by atoms with E-state index in [0.29, 0.717) is 21.9 Å². The van der Waals surface area contributed by atoms with Gasteiger partial charge >= 0.3 is 0 Å². The van der Waals surface area contributed by atoms with Gasteiger partial charge in [0.05, 0.1) is 18.4 Å². The smallest absolute Gasteiger partial charge is 0.269 e. The molecule has 0 spiro atoms. The Morgan fingerprint density at radius 2 is 2.26 bits per heavy atom. The minimum absolute atomic E-state index is 0.290. The molecule has 0 bridgehead atoms. The number of amides is 1. The van der Waals surface area contributed by atoms with Crippen LogP contribution in [0.2, 0.25) is 0 Å². The number of halogens is 1. The van der Waals surface area contributed by atoms with Gasteiger partial charge in [-0.3, -0.25) is 4.79 Å². The van der Waals surface area contributed by atoms with Gasteiger partial charge in [0.25, 0.3) is 5.91 Å². The lowest BCUT2D eigenvalue weighted by Crippen LogP contribution is -2.12. The van der Waals surface area contributed by atoms with Crippen molar-refractivity contribution in [3.63, 3.8) is 0 Å². The molecule has 6 heteroatoms. The van der Waals surface area contributed by atoms with Gasteiger partial charge in [-0.2, -0.15) is 5.26 Å². The lowest BCUT2D eigenvalue weighted by Gasteiger charge is -2.07. The van der Waals surface area contributed by atoms with Crippen LogP contribution in [0.4, 0.5) is 5.69 Å². The van der Waals surface area contributed by atoms with Crippen molar-refractivity contribution in [3.05, 3.63) is 44.6 Å². The lowest BCUT2D eigenvalue weighted by molar-refractivity contribution is 0.102. The SMILES string of the molecule is COc1ccsc1C(=O)Nc1cc(Br)ccc1C#N. The van der Waals surface area contributed by atoms with Crippen LogP contribution in [0.25, 0.3) is 0 Å². The van der Waals surface area contributed by atoms with Crippen LogP contribution in [0.3, 0.4) is 0 Å². The summed E-state index contributed by atoms with van der Waals surface area (Å²) in [6, 6.07) is 8.85. The van der Waals surface area contributed by atoms with Crippen LogP contribution in [-0.2, 0) is 0 Å². The third kappa shape index (κ3) is 2.95. The molecule has 0 saturated heterocycles. The fourth-order valence-corrected chi connectivity index (χ4v) is 2.63. The van der Waals surface area contributed by atoms with E-state index in [1.165, 1.54) is 18.4 Å². The molecular weight excluding hydrogens is 328 g/mol. The molecule has 0 aliphatic carbocycles. The molecule has 4 nitrogen and oxygen atoms in total. The summed E-state index contributed by atoms with van der Waals surface area (Å²) >= 11 is 4.60. The van der Waals surface area contributed by atoms with Crippen molar-refractivity contribution in [2.75, 3.05) is 12.4 Å². The predicted octanol–water partition coefficient (Wildman–Crippen LogP) is 3.64. The van der Waals surface area contributed by atoms with Gasteiger partial charge < -0.3 is 10.1 Å². The molecule has 2 rings (SSSR count). The van der Waals surface area contributed by atoms with E-state index < -0.39 is 0 Å². The van der Waals surface area contributed by atoms with Crippen LogP contribution in [0.15, 0.2) is 34.1 Å². The molecule has 1 aromatic carbocycles. The number of carbonyl (C=O) groups excluding carboxylic acids is 1. The van der Waals surface area contributed by atoms with E-state index in [0.717, 1.165) is 4.47 Å². The van der Waals surface area contributed by atoms with Gasteiger partial charge in [0.15, 0.2) is 0 Å². The number of hydrogen-bond acceptors (Lipinski definition) is 4. The van der Waals surface area contributed by atoms with Crippen molar-refractivity contribution < 1.29 is 9.53 Å². The number of ether oxygens (including phenoxy) is 1. The molecule has 0 saturated carbocycles. The number of methoxy groups -OCH3 is 1. The quantitative estimate of drug-likeness (QED) is 0.930. The zero-order valence-corrected chi connectivity index (χ0v) is 12.3.